The fourth-order valence-corrected chi connectivity index (χ4v) is 2.92. The first-order valence-electron chi connectivity index (χ1n) is 9.65. The molecule has 0 aliphatic carbocycles. The van der Waals surface area contributed by atoms with Crippen LogP contribution in [0.3, 0.4) is 0 Å². The fourth-order valence-electron chi connectivity index (χ4n) is 2.92. The molecule has 2 fully saturated rings. The zero-order valence-electron chi connectivity index (χ0n) is 17.8. The number of rotatable bonds is 2. The van der Waals surface area contributed by atoms with Crippen molar-refractivity contribution >= 4 is 18.8 Å². The molecule has 0 aromatic carbocycles. The Kier molecular flexibility index (Phi) is 5.46. The monoisotopic (exact) mass is 391 g/mol. The highest BCUT2D eigenvalue weighted by atomic mass is 16.7. The van der Waals surface area contributed by atoms with Gasteiger partial charge in [-0.05, 0) is 48.5 Å². The summed E-state index contributed by atoms with van der Waals surface area (Å²) in [6.07, 6.45) is 2.61. The molecule has 2 aliphatic rings. The summed E-state index contributed by atoms with van der Waals surface area (Å²) >= 11 is 0. The van der Waals surface area contributed by atoms with Crippen LogP contribution in [0.5, 0.6) is 0 Å². The third kappa shape index (κ3) is 4.47. The fraction of sp³-hybridized carbons (Fsp3) is 0.737. The highest BCUT2D eigenvalue weighted by molar-refractivity contribution is 6.61. The van der Waals surface area contributed by atoms with Gasteiger partial charge in [-0.25, -0.2) is 4.79 Å². The van der Waals surface area contributed by atoms with Crippen LogP contribution in [0.2, 0.25) is 0 Å². The summed E-state index contributed by atoms with van der Waals surface area (Å²) < 4.78 is 23.3. The van der Waals surface area contributed by atoms with Crippen LogP contribution in [0.15, 0.2) is 12.4 Å². The zero-order chi connectivity index (χ0) is 20.7. The summed E-state index contributed by atoms with van der Waals surface area (Å²) in [7, 11) is -0.558. The predicted molar refractivity (Wildman–Crippen MR) is 104 cm³/mol. The van der Waals surface area contributed by atoms with Gasteiger partial charge in [0.05, 0.1) is 41.8 Å². The maximum atomic E-state index is 12.3. The van der Waals surface area contributed by atoms with Crippen LogP contribution < -0.4 is 5.59 Å². The first-order chi connectivity index (χ1) is 12.9. The Labute approximate surface area is 167 Å². The minimum absolute atomic E-state index is 0.345. The van der Waals surface area contributed by atoms with Crippen molar-refractivity contribution in [3.63, 3.8) is 0 Å². The summed E-state index contributed by atoms with van der Waals surface area (Å²) in [5.41, 5.74) is -0.123. The molecule has 1 aromatic heterocycles. The number of morpholine rings is 1. The molecule has 3 rings (SSSR count). The van der Waals surface area contributed by atoms with Crippen LogP contribution in [0.4, 0.5) is 4.79 Å². The van der Waals surface area contributed by atoms with E-state index in [9.17, 15) is 4.79 Å². The lowest BCUT2D eigenvalue weighted by Crippen LogP contribution is -2.45. The number of aromatic nitrogens is 2. The van der Waals surface area contributed by atoms with Crippen molar-refractivity contribution < 1.29 is 23.6 Å². The first kappa shape index (κ1) is 21.0. The van der Waals surface area contributed by atoms with E-state index < -0.39 is 23.9 Å². The van der Waals surface area contributed by atoms with Gasteiger partial charge in [0.1, 0.15) is 11.7 Å². The topological polar surface area (TPSA) is 83.0 Å². The summed E-state index contributed by atoms with van der Waals surface area (Å²) in [5.74, 6) is 0. The Hall–Kier alpha value is -1.71. The van der Waals surface area contributed by atoms with Crippen molar-refractivity contribution in [2.45, 2.75) is 71.4 Å². The second-order valence-corrected chi connectivity index (χ2v) is 9.24. The predicted octanol–water partition coefficient (Wildman–Crippen LogP) is 2.08. The Morgan fingerprint density at radius 2 is 1.82 bits per heavy atom. The van der Waals surface area contributed by atoms with Gasteiger partial charge in [0.15, 0.2) is 0 Å². The van der Waals surface area contributed by atoms with Gasteiger partial charge in [-0.15, -0.1) is 0 Å². The van der Waals surface area contributed by atoms with Gasteiger partial charge in [0, 0.05) is 12.7 Å². The standard InChI is InChI=1S/C19H30BN3O5/c1-17(2,3)26-16(24)23-8-9-25-14(12-23)13-10-22-15(11-21-13)20-27-18(4,5)19(6,7)28-20/h10-11,14H,8-9,12H2,1-7H3. The Morgan fingerprint density at radius 1 is 1.18 bits per heavy atom. The van der Waals surface area contributed by atoms with Crippen LogP contribution in [0, 0.1) is 0 Å². The van der Waals surface area contributed by atoms with E-state index in [4.69, 9.17) is 18.8 Å². The largest absolute Gasteiger partial charge is 0.516 e. The van der Waals surface area contributed by atoms with E-state index in [1.165, 1.54) is 0 Å². The van der Waals surface area contributed by atoms with E-state index in [2.05, 4.69) is 9.97 Å². The third-order valence-corrected chi connectivity index (χ3v) is 5.23. The number of hydrogen-bond acceptors (Lipinski definition) is 7. The molecule has 1 unspecified atom stereocenters. The molecule has 3 heterocycles. The molecule has 0 bridgehead atoms. The lowest BCUT2D eigenvalue weighted by molar-refractivity contribution is -0.0448. The minimum Gasteiger partial charge on any atom is -0.444 e. The third-order valence-electron chi connectivity index (χ3n) is 5.23. The van der Waals surface area contributed by atoms with Gasteiger partial charge in [-0.3, -0.25) is 9.97 Å². The molecule has 2 aliphatic heterocycles. The molecule has 0 saturated carbocycles. The van der Waals surface area contributed by atoms with Gasteiger partial charge in [0.25, 0.3) is 0 Å². The number of ether oxygens (including phenoxy) is 2. The number of carbonyl (C=O) groups excluding carboxylic acids is 1. The van der Waals surface area contributed by atoms with Gasteiger partial charge >= 0.3 is 13.2 Å². The average molecular weight is 391 g/mol. The van der Waals surface area contributed by atoms with Crippen molar-refractivity contribution in [2.24, 2.45) is 0 Å². The molecular weight excluding hydrogens is 361 g/mol. The van der Waals surface area contributed by atoms with Gasteiger partial charge in [-0.2, -0.15) is 0 Å². The molecule has 1 aromatic rings. The van der Waals surface area contributed by atoms with E-state index in [0.717, 1.165) is 0 Å². The summed E-state index contributed by atoms with van der Waals surface area (Å²) in [4.78, 5) is 22.9. The van der Waals surface area contributed by atoms with Crippen LogP contribution in [-0.4, -0.2) is 64.6 Å². The number of amides is 1. The molecule has 0 N–H and O–H groups in total. The molecular formula is C19H30BN3O5. The summed E-state index contributed by atoms with van der Waals surface area (Å²) in [5, 5.41) is 0. The SMILES string of the molecule is CC(C)(C)OC(=O)N1CCOC(c2cnc(B3OC(C)(C)C(C)(C)O3)cn2)C1. The zero-order valence-corrected chi connectivity index (χ0v) is 17.8. The second-order valence-electron chi connectivity index (χ2n) is 9.24. The molecule has 1 atom stereocenters. The lowest BCUT2D eigenvalue weighted by Gasteiger charge is -2.33. The highest BCUT2D eigenvalue weighted by Gasteiger charge is 2.52. The van der Waals surface area contributed by atoms with Crippen molar-refractivity contribution in [3.05, 3.63) is 18.1 Å². The van der Waals surface area contributed by atoms with E-state index in [-0.39, 0.29) is 12.2 Å². The van der Waals surface area contributed by atoms with E-state index in [1.54, 1.807) is 17.3 Å². The maximum absolute atomic E-state index is 12.3. The normalized spacial score (nSPS) is 24.3. The van der Waals surface area contributed by atoms with Gasteiger partial charge < -0.3 is 23.7 Å². The average Bonchev–Trinajstić information content (AvgIpc) is 2.81. The molecule has 9 heteroatoms. The molecule has 1 amide bonds. The Morgan fingerprint density at radius 3 is 2.36 bits per heavy atom. The van der Waals surface area contributed by atoms with Crippen molar-refractivity contribution in [2.75, 3.05) is 19.7 Å². The second kappa shape index (κ2) is 7.28. The van der Waals surface area contributed by atoms with Crippen molar-refractivity contribution in [3.8, 4) is 0 Å². The molecule has 2 saturated heterocycles. The lowest BCUT2D eigenvalue weighted by atomic mass is 9.85. The number of carbonyl (C=O) groups is 1. The number of hydrogen-bond donors (Lipinski definition) is 0. The molecule has 8 nitrogen and oxygen atoms in total. The highest BCUT2D eigenvalue weighted by Crippen LogP contribution is 2.36. The molecule has 28 heavy (non-hydrogen) atoms. The quantitative estimate of drug-likeness (QED) is 0.714. The van der Waals surface area contributed by atoms with Crippen molar-refractivity contribution in [1.82, 2.24) is 14.9 Å². The molecule has 154 valence electrons. The maximum Gasteiger partial charge on any atom is 0.516 e. The minimum atomic E-state index is -0.558. The Balaban J connectivity index is 1.66. The van der Waals surface area contributed by atoms with Crippen LogP contribution >= 0.6 is 0 Å². The van der Waals surface area contributed by atoms with Crippen LogP contribution in [0.25, 0.3) is 0 Å². The molecule has 0 radical (unpaired) electrons. The first-order valence-corrected chi connectivity index (χ1v) is 9.65. The van der Waals surface area contributed by atoms with Crippen LogP contribution in [-0.2, 0) is 18.8 Å². The molecule has 0 spiro atoms. The van der Waals surface area contributed by atoms with E-state index >= 15 is 0 Å². The summed E-state index contributed by atoms with van der Waals surface area (Å²) in [6, 6.07) is 0. The van der Waals surface area contributed by atoms with Gasteiger partial charge in [-0.1, -0.05) is 0 Å². The van der Waals surface area contributed by atoms with Crippen molar-refractivity contribution in [1.29, 1.82) is 0 Å². The van der Waals surface area contributed by atoms with E-state index in [1.807, 2.05) is 48.5 Å². The number of nitrogens with zero attached hydrogens (tertiary/aromatic N) is 3. The van der Waals surface area contributed by atoms with E-state index in [0.29, 0.717) is 31.0 Å². The van der Waals surface area contributed by atoms with Gasteiger partial charge in [0.2, 0.25) is 0 Å². The summed E-state index contributed by atoms with van der Waals surface area (Å²) in [6.45, 7) is 14.8. The Bertz CT molecular complexity index is 701. The smallest absolute Gasteiger partial charge is 0.444 e. The van der Waals surface area contributed by atoms with Crippen LogP contribution in [0.1, 0.15) is 60.3 Å².